The molecule has 1 aromatic carbocycles. The lowest BCUT2D eigenvalue weighted by Gasteiger charge is -2.18. The third kappa shape index (κ3) is 3.96. The van der Waals surface area contributed by atoms with Gasteiger partial charge in [-0.15, -0.1) is 11.8 Å². The summed E-state index contributed by atoms with van der Waals surface area (Å²) in [4.78, 5) is 30.7. The molecule has 2 heterocycles. The van der Waals surface area contributed by atoms with Crippen LogP contribution in [0.4, 0.5) is 0 Å². The van der Waals surface area contributed by atoms with Gasteiger partial charge < -0.3 is 15.4 Å². The van der Waals surface area contributed by atoms with Gasteiger partial charge in [0.15, 0.2) is 0 Å². The number of pyridine rings is 1. The molecule has 1 saturated carbocycles. The molecular formula is C20H20N4O3S. The largest absolute Gasteiger partial charge is 0.374 e. The lowest BCUT2D eigenvalue weighted by molar-refractivity contribution is -0.130. The van der Waals surface area contributed by atoms with Crippen molar-refractivity contribution in [3.8, 4) is 6.07 Å². The van der Waals surface area contributed by atoms with Gasteiger partial charge in [-0.05, 0) is 36.6 Å². The number of hydrogen-bond donors (Lipinski definition) is 1. The van der Waals surface area contributed by atoms with E-state index in [1.54, 1.807) is 22.7 Å². The molecule has 4 rings (SSSR count). The Morgan fingerprint density at radius 1 is 1.36 bits per heavy atom. The molecule has 1 saturated heterocycles. The summed E-state index contributed by atoms with van der Waals surface area (Å²) in [5.74, 6) is 0.379. The molecule has 2 aliphatic rings. The zero-order valence-electron chi connectivity index (χ0n) is 15.3. The Morgan fingerprint density at radius 3 is 2.89 bits per heavy atom. The molecule has 144 valence electrons. The minimum absolute atomic E-state index is 0.0293. The second-order valence-electron chi connectivity index (χ2n) is 7.07. The third-order valence-corrected chi connectivity index (χ3v) is 5.90. The maximum atomic E-state index is 12.6. The van der Waals surface area contributed by atoms with Gasteiger partial charge in [-0.1, -0.05) is 6.07 Å². The van der Waals surface area contributed by atoms with Crippen molar-refractivity contribution in [2.75, 3.05) is 11.6 Å². The molecule has 7 nitrogen and oxygen atoms in total. The van der Waals surface area contributed by atoms with Crippen LogP contribution < -0.4 is 5.73 Å². The van der Waals surface area contributed by atoms with Crippen molar-refractivity contribution in [3.63, 3.8) is 0 Å². The van der Waals surface area contributed by atoms with E-state index in [1.807, 2.05) is 18.2 Å². The molecule has 8 heteroatoms. The van der Waals surface area contributed by atoms with Crippen molar-refractivity contribution in [1.29, 1.82) is 5.26 Å². The van der Waals surface area contributed by atoms with Crippen LogP contribution in [0.1, 0.15) is 34.5 Å². The molecule has 0 spiro atoms. The molecule has 1 aromatic heterocycles. The number of carbonyl (C=O) groups is 2. The van der Waals surface area contributed by atoms with Gasteiger partial charge in [0.25, 0.3) is 0 Å². The maximum absolute atomic E-state index is 12.6. The number of amides is 2. The van der Waals surface area contributed by atoms with E-state index in [1.165, 1.54) is 0 Å². The number of nitrogens with two attached hydrogens (primary N) is 1. The summed E-state index contributed by atoms with van der Waals surface area (Å²) in [5.41, 5.74) is 7.97. The van der Waals surface area contributed by atoms with Gasteiger partial charge in [0, 0.05) is 11.1 Å². The normalized spacial score (nSPS) is 19.0. The molecule has 0 radical (unpaired) electrons. The fourth-order valence-corrected chi connectivity index (χ4v) is 4.32. The molecule has 1 aliphatic carbocycles. The average Bonchev–Trinajstić information content (AvgIpc) is 3.39. The van der Waals surface area contributed by atoms with Gasteiger partial charge in [-0.3, -0.25) is 14.6 Å². The highest BCUT2D eigenvalue weighted by molar-refractivity contribution is 7.99. The Bertz CT molecular complexity index is 983. The van der Waals surface area contributed by atoms with Gasteiger partial charge in [-0.25, -0.2) is 0 Å². The van der Waals surface area contributed by atoms with Crippen LogP contribution in [0.3, 0.4) is 0 Å². The fraction of sp³-hybridized carbons (Fsp3) is 0.400. The number of aromatic nitrogens is 1. The summed E-state index contributed by atoms with van der Waals surface area (Å²) in [7, 11) is 0. The minimum atomic E-state index is -0.562. The summed E-state index contributed by atoms with van der Waals surface area (Å²) in [6.45, 7) is 0.487. The predicted molar refractivity (Wildman–Crippen MR) is 105 cm³/mol. The molecule has 2 amide bonds. The van der Waals surface area contributed by atoms with Crippen molar-refractivity contribution in [2.24, 2.45) is 5.73 Å². The van der Waals surface area contributed by atoms with Crippen LogP contribution in [0.2, 0.25) is 0 Å². The van der Waals surface area contributed by atoms with E-state index < -0.39 is 11.9 Å². The SMILES string of the molecule is N#CC1CSCN1C(=O)Cc1cc(C(N)=O)c2cc(COC3CC3)ccc2n1. The Balaban J connectivity index is 1.60. The highest BCUT2D eigenvalue weighted by Crippen LogP contribution is 2.27. The average molecular weight is 396 g/mol. The Morgan fingerprint density at radius 2 is 2.18 bits per heavy atom. The van der Waals surface area contributed by atoms with Gasteiger partial charge in [0.2, 0.25) is 11.8 Å². The first kappa shape index (κ1) is 18.7. The van der Waals surface area contributed by atoms with Crippen LogP contribution in [0.25, 0.3) is 10.9 Å². The molecule has 0 bridgehead atoms. The van der Waals surface area contributed by atoms with Crippen LogP contribution >= 0.6 is 11.8 Å². The first-order valence-corrected chi connectivity index (χ1v) is 10.3. The summed E-state index contributed by atoms with van der Waals surface area (Å²) in [6.07, 6.45) is 2.57. The second kappa shape index (κ2) is 7.78. The van der Waals surface area contributed by atoms with Crippen molar-refractivity contribution in [3.05, 3.63) is 41.1 Å². The molecule has 2 N–H and O–H groups in total. The van der Waals surface area contributed by atoms with Crippen molar-refractivity contribution in [1.82, 2.24) is 9.88 Å². The number of benzene rings is 1. The maximum Gasteiger partial charge on any atom is 0.249 e. The molecule has 2 aromatic rings. The highest BCUT2D eigenvalue weighted by Gasteiger charge is 2.29. The standard InChI is InChI=1S/C20H20N4O3S/c21-8-14-10-28-11-24(14)19(25)7-13-6-17(20(22)26)16-5-12(1-4-18(16)23-13)9-27-15-2-3-15/h1,4-6,14-15H,2-3,7,9-11H2,(H2,22,26). The zero-order valence-corrected chi connectivity index (χ0v) is 16.1. The topological polar surface area (TPSA) is 109 Å². The van der Waals surface area contributed by atoms with E-state index in [0.717, 1.165) is 18.4 Å². The van der Waals surface area contributed by atoms with Crippen molar-refractivity contribution < 1.29 is 14.3 Å². The highest BCUT2D eigenvalue weighted by atomic mass is 32.2. The summed E-state index contributed by atoms with van der Waals surface area (Å²) >= 11 is 1.55. The Hall–Kier alpha value is -2.63. The van der Waals surface area contributed by atoms with Crippen LogP contribution in [0.15, 0.2) is 24.3 Å². The number of hydrogen-bond acceptors (Lipinski definition) is 6. The number of carbonyl (C=O) groups excluding carboxylic acids is 2. The molecule has 2 fully saturated rings. The van der Waals surface area contributed by atoms with Gasteiger partial charge in [0.05, 0.1) is 47.9 Å². The molecular weight excluding hydrogens is 376 g/mol. The number of primary amides is 1. The van der Waals surface area contributed by atoms with Gasteiger partial charge in [-0.2, -0.15) is 5.26 Å². The molecule has 1 aliphatic heterocycles. The van der Waals surface area contributed by atoms with Crippen LogP contribution in [-0.2, 0) is 22.6 Å². The smallest absolute Gasteiger partial charge is 0.249 e. The third-order valence-electron chi connectivity index (χ3n) is 4.89. The fourth-order valence-electron chi connectivity index (χ4n) is 3.21. The summed E-state index contributed by atoms with van der Waals surface area (Å²) < 4.78 is 5.73. The van der Waals surface area contributed by atoms with E-state index in [2.05, 4.69) is 11.1 Å². The van der Waals surface area contributed by atoms with Crippen LogP contribution in [0.5, 0.6) is 0 Å². The Labute approximate surface area is 166 Å². The number of rotatable bonds is 6. The lowest BCUT2D eigenvalue weighted by atomic mass is 10.0. The molecule has 28 heavy (non-hydrogen) atoms. The van der Waals surface area contributed by atoms with E-state index in [4.69, 9.17) is 10.5 Å². The number of nitriles is 1. The first-order chi connectivity index (χ1) is 13.5. The summed E-state index contributed by atoms with van der Waals surface area (Å²) in [6, 6.07) is 8.93. The number of nitrogens with zero attached hydrogens (tertiary/aromatic N) is 3. The quantitative estimate of drug-likeness (QED) is 0.800. The van der Waals surface area contributed by atoms with Crippen LogP contribution in [-0.4, -0.2) is 45.5 Å². The minimum Gasteiger partial charge on any atom is -0.374 e. The van der Waals surface area contributed by atoms with Gasteiger partial charge in [0.1, 0.15) is 6.04 Å². The van der Waals surface area contributed by atoms with E-state index in [-0.39, 0.29) is 12.3 Å². The van der Waals surface area contributed by atoms with Crippen molar-refractivity contribution in [2.45, 2.75) is 38.0 Å². The molecule has 1 unspecified atom stereocenters. The number of ether oxygens (including phenoxy) is 1. The van der Waals surface area contributed by atoms with E-state index >= 15 is 0 Å². The summed E-state index contributed by atoms with van der Waals surface area (Å²) in [5, 5.41) is 9.83. The van der Waals surface area contributed by atoms with E-state index in [9.17, 15) is 14.9 Å². The van der Waals surface area contributed by atoms with Gasteiger partial charge >= 0.3 is 0 Å². The van der Waals surface area contributed by atoms with Crippen molar-refractivity contribution >= 4 is 34.5 Å². The first-order valence-electron chi connectivity index (χ1n) is 9.16. The second-order valence-corrected chi connectivity index (χ2v) is 8.07. The molecule has 1 atom stereocenters. The van der Waals surface area contributed by atoms with E-state index in [0.29, 0.717) is 46.5 Å². The number of thioether (sulfide) groups is 1. The zero-order chi connectivity index (χ0) is 19.7. The van der Waals surface area contributed by atoms with Crippen LogP contribution in [0, 0.1) is 11.3 Å². The number of fused-ring (bicyclic) bond motifs is 1. The lowest BCUT2D eigenvalue weighted by Crippen LogP contribution is -2.36. The predicted octanol–water partition coefficient (Wildman–Crippen LogP) is 1.98. The Kier molecular flexibility index (Phi) is 5.20. The monoisotopic (exact) mass is 396 g/mol.